The fourth-order valence-corrected chi connectivity index (χ4v) is 7.69. The van der Waals surface area contributed by atoms with Crippen LogP contribution in [0.4, 0.5) is 5.69 Å². The molecule has 0 aliphatic carbocycles. The van der Waals surface area contributed by atoms with Gasteiger partial charge in [0.2, 0.25) is 11.8 Å². The zero-order valence-corrected chi connectivity index (χ0v) is 25.4. The van der Waals surface area contributed by atoms with Gasteiger partial charge in [0.25, 0.3) is 15.9 Å². The average Bonchev–Trinajstić information content (AvgIpc) is 3.57. The number of benzene rings is 2. The SMILES string of the molecule is COc1ccc(S(=O)(=O)N2C(=O)[C@](c3cccnc3OC)(N3CCCC3C(=O)N(C)C)c3cc(Cl)ccc32)c(OC)c1. The molecule has 3 heterocycles. The molecule has 0 radical (unpaired) electrons. The third kappa shape index (κ3) is 4.36. The highest BCUT2D eigenvalue weighted by atomic mass is 35.5. The number of methoxy groups -OCH3 is 3. The summed E-state index contributed by atoms with van der Waals surface area (Å²) in [6.07, 6.45) is 2.57. The summed E-state index contributed by atoms with van der Waals surface area (Å²) in [5, 5.41) is 0.282. The molecule has 42 heavy (non-hydrogen) atoms. The van der Waals surface area contributed by atoms with Gasteiger partial charge in [0, 0.05) is 49.1 Å². The van der Waals surface area contributed by atoms with Crippen molar-refractivity contribution in [1.82, 2.24) is 14.8 Å². The molecule has 0 bridgehead atoms. The molecule has 13 heteroatoms. The maximum absolute atomic E-state index is 15.1. The Bertz CT molecular complexity index is 1670. The van der Waals surface area contributed by atoms with Crippen LogP contribution in [0.5, 0.6) is 17.4 Å². The molecule has 1 aromatic heterocycles. The highest BCUT2D eigenvalue weighted by molar-refractivity contribution is 7.93. The van der Waals surface area contributed by atoms with E-state index in [1.165, 1.54) is 62.8 Å². The molecule has 2 aliphatic heterocycles. The summed E-state index contributed by atoms with van der Waals surface area (Å²) in [5.41, 5.74) is -1.14. The predicted octanol–water partition coefficient (Wildman–Crippen LogP) is 3.29. The van der Waals surface area contributed by atoms with Crippen LogP contribution in [0.25, 0.3) is 0 Å². The largest absolute Gasteiger partial charge is 0.497 e. The van der Waals surface area contributed by atoms with Gasteiger partial charge in [0.1, 0.15) is 16.4 Å². The second-order valence-corrected chi connectivity index (χ2v) is 12.3. The van der Waals surface area contributed by atoms with Crippen molar-refractivity contribution in [2.75, 3.05) is 46.3 Å². The lowest BCUT2D eigenvalue weighted by Gasteiger charge is -2.41. The zero-order chi connectivity index (χ0) is 30.4. The Kier molecular flexibility index (Phi) is 7.82. The van der Waals surface area contributed by atoms with Crippen molar-refractivity contribution in [3.05, 3.63) is 70.9 Å². The van der Waals surface area contributed by atoms with E-state index in [9.17, 15) is 13.2 Å². The van der Waals surface area contributed by atoms with E-state index >= 15 is 4.79 Å². The fraction of sp³-hybridized carbons (Fsp3) is 0.345. The first-order valence-electron chi connectivity index (χ1n) is 13.1. The summed E-state index contributed by atoms with van der Waals surface area (Å²) >= 11 is 6.52. The number of carbonyl (C=O) groups excluding carboxylic acids is 2. The van der Waals surface area contributed by atoms with E-state index in [-0.39, 0.29) is 33.1 Å². The lowest BCUT2D eigenvalue weighted by molar-refractivity contribution is -0.138. The number of pyridine rings is 1. The number of carbonyl (C=O) groups is 2. The molecular weight excluding hydrogens is 584 g/mol. The molecule has 222 valence electrons. The summed E-state index contributed by atoms with van der Waals surface area (Å²) < 4.78 is 46.0. The molecule has 0 saturated carbocycles. The third-order valence-electron chi connectivity index (χ3n) is 7.71. The van der Waals surface area contributed by atoms with Crippen LogP contribution in [-0.2, 0) is 25.2 Å². The predicted molar refractivity (Wildman–Crippen MR) is 156 cm³/mol. The van der Waals surface area contributed by atoms with Gasteiger partial charge in [-0.3, -0.25) is 14.5 Å². The van der Waals surface area contributed by atoms with Crippen LogP contribution in [0.3, 0.4) is 0 Å². The second kappa shape index (κ2) is 11.1. The van der Waals surface area contributed by atoms with E-state index in [1.807, 2.05) is 0 Å². The van der Waals surface area contributed by atoms with Crippen LogP contribution in [0, 0.1) is 0 Å². The Labute approximate surface area is 249 Å². The van der Waals surface area contributed by atoms with Gasteiger partial charge >= 0.3 is 0 Å². The number of rotatable bonds is 8. The van der Waals surface area contributed by atoms with Crippen molar-refractivity contribution in [2.24, 2.45) is 0 Å². The number of aromatic nitrogens is 1. The Hall–Kier alpha value is -3.87. The molecule has 11 nitrogen and oxygen atoms in total. The Balaban J connectivity index is 1.85. The number of likely N-dealkylation sites (N-methyl/N-ethyl adjacent to an activating group) is 1. The minimum atomic E-state index is -4.59. The quantitative estimate of drug-likeness (QED) is 0.376. The molecular formula is C29H31ClN4O7S. The van der Waals surface area contributed by atoms with Crippen LogP contribution in [0.1, 0.15) is 24.0 Å². The van der Waals surface area contributed by atoms with Crippen LogP contribution in [0.2, 0.25) is 5.02 Å². The molecule has 1 saturated heterocycles. The monoisotopic (exact) mass is 614 g/mol. The van der Waals surface area contributed by atoms with Gasteiger partial charge in [0.05, 0.1) is 33.1 Å². The van der Waals surface area contributed by atoms with Gasteiger partial charge in [-0.25, -0.2) is 17.7 Å². The zero-order valence-electron chi connectivity index (χ0n) is 23.8. The van der Waals surface area contributed by atoms with E-state index in [0.29, 0.717) is 36.3 Å². The molecule has 2 aromatic carbocycles. The number of hydrogen-bond acceptors (Lipinski definition) is 9. The van der Waals surface area contributed by atoms with Crippen molar-refractivity contribution in [1.29, 1.82) is 0 Å². The standard InChI is InChI=1S/C29H31ClN4O7S/c1-32(2)27(35)23-9-7-15-33(23)29(20-8-6-14-31-26(20)41-5)21-16-18(30)10-12-22(21)34(28(29)36)42(37,38)25-13-11-19(39-3)17-24(25)40-4/h6,8,10-14,16-17,23H,7,9,15H2,1-5H3/t23?,29-/m1/s1. The second-order valence-electron chi connectivity index (χ2n) is 10.1. The highest BCUT2D eigenvalue weighted by Crippen LogP contribution is 2.55. The molecule has 2 atom stereocenters. The molecule has 0 spiro atoms. The van der Waals surface area contributed by atoms with Crippen molar-refractivity contribution < 1.29 is 32.2 Å². The van der Waals surface area contributed by atoms with Gasteiger partial charge in [-0.1, -0.05) is 11.6 Å². The van der Waals surface area contributed by atoms with E-state index in [4.69, 9.17) is 25.8 Å². The summed E-state index contributed by atoms with van der Waals surface area (Å²) in [6.45, 7) is 0.319. The topological polar surface area (TPSA) is 119 Å². The molecule has 1 unspecified atom stereocenters. The highest BCUT2D eigenvalue weighted by Gasteiger charge is 2.63. The third-order valence-corrected chi connectivity index (χ3v) is 9.69. The molecule has 2 aliphatic rings. The lowest BCUT2D eigenvalue weighted by atomic mass is 9.81. The number of anilines is 1. The molecule has 2 amide bonds. The molecule has 5 rings (SSSR count). The number of fused-ring (bicyclic) bond motifs is 1. The maximum Gasteiger partial charge on any atom is 0.274 e. The number of nitrogens with zero attached hydrogens (tertiary/aromatic N) is 4. The maximum atomic E-state index is 15.1. The van der Waals surface area contributed by atoms with E-state index in [1.54, 1.807) is 37.2 Å². The number of halogens is 1. The number of sulfonamides is 1. The average molecular weight is 615 g/mol. The first-order valence-corrected chi connectivity index (χ1v) is 14.9. The van der Waals surface area contributed by atoms with Crippen LogP contribution in [0.15, 0.2) is 59.6 Å². The summed E-state index contributed by atoms with van der Waals surface area (Å²) in [6, 6.07) is 11.4. The van der Waals surface area contributed by atoms with Crippen molar-refractivity contribution in [2.45, 2.75) is 29.3 Å². The minimum absolute atomic E-state index is 0.00374. The first kappa shape index (κ1) is 29.6. The molecule has 0 N–H and O–H groups in total. The Morgan fingerprint density at radius 2 is 1.81 bits per heavy atom. The van der Waals surface area contributed by atoms with Crippen molar-refractivity contribution in [3.63, 3.8) is 0 Å². The first-order chi connectivity index (χ1) is 20.0. The minimum Gasteiger partial charge on any atom is -0.497 e. The summed E-state index contributed by atoms with van der Waals surface area (Å²) in [4.78, 5) is 36.0. The van der Waals surface area contributed by atoms with Crippen molar-refractivity contribution >= 4 is 39.1 Å². The van der Waals surface area contributed by atoms with E-state index in [2.05, 4.69) is 4.98 Å². The Morgan fingerprint density at radius 1 is 1.05 bits per heavy atom. The van der Waals surface area contributed by atoms with Gasteiger partial charge in [-0.05, 0) is 55.3 Å². The van der Waals surface area contributed by atoms with E-state index < -0.39 is 27.5 Å². The van der Waals surface area contributed by atoms with E-state index in [0.717, 1.165) is 4.31 Å². The normalized spacial score (nSPS) is 20.4. The van der Waals surface area contributed by atoms with Crippen molar-refractivity contribution in [3.8, 4) is 17.4 Å². The fourth-order valence-electron chi connectivity index (χ4n) is 5.92. The van der Waals surface area contributed by atoms with Crippen LogP contribution >= 0.6 is 11.6 Å². The van der Waals surface area contributed by atoms with Gasteiger partial charge in [-0.2, -0.15) is 0 Å². The number of hydrogen-bond donors (Lipinski definition) is 0. The number of ether oxygens (including phenoxy) is 3. The smallest absolute Gasteiger partial charge is 0.274 e. The summed E-state index contributed by atoms with van der Waals surface area (Å²) in [5.74, 6) is -0.550. The van der Waals surface area contributed by atoms with Gasteiger partial charge in [-0.15, -0.1) is 0 Å². The lowest BCUT2D eigenvalue weighted by Crippen LogP contribution is -2.59. The number of likely N-dealkylation sites (tertiary alicyclic amines) is 1. The molecule has 3 aromatic rings. The molecule has 1 fully saturated rings. The number of amides is 2. The Morgan fingerprint density at radius 3 is 2.48 bits per heavy atom. The van der Waals surface area contributed by atoms with Gasteiger partial charge in [0.15, 0.2) is 5.54 Å². The van der Waals surface area contributed by atoms with Gasteiger partial charge < -0.3 is 19.1 Å². The van der Waals surface area contributed by atoms with Crippen LogP contribution in [-0.4, -0.2) is 83.0 Å². The van der Waals surface area contributed by atoms with Crippen LogP contribution < -0.4 is 18.5 Å². The summed E-state index contributed by atoms with van der Waals surface area (Å²) in [7, 11) is 2.90.